The van der Waals surface area contributed by atoms with Gasteiger partial charge in [-0.25, -0.2) is 21.8 Å². The standard InChI is InChI=1S/C27H25ClN4O5S2/c1-19-6-12-24(13-7-19)39(36,37)32(22-11-8-20(2)25(28)17-22)18-27(33)30-21-9-14-23(15-10-21)38(34,35)31-26-5-3-4-16-29-26/h3-17H,18H2,1-2H3,(H,29,31)(H,30,33). The summed E-state index contributed by atoms with van der Waals surface area (Å²) in [5, 5.41) is 2.98. The third-order valence-corrected chi connectivity index (χ3v) is 9.26. The molecule has 1 heterocycles. The predicted octanol–water partition coefficient (Wildman–Crippen LogP) is 4.99. The first-order valence-electron chi connectivity index (χ1n) is 11.6. The fourth-order valence-corrected chi connectivity index (χ4v) is 6.15. The number of halogens is 1. The van der Waals surface area contributed by atoms with E-state index in [0.29, 0.717) is 5.02 Å². The van der Waals surface area contributed by atoms with Gasteiger partial charge >= 0.3 is 0 Å². The van der Waals surface area contributed by atoms with Crippen molar-refractivity contribution in [3.8, 4) is 0 Å². The van der Waals surface area contributed by atoms with Gasteiger partial charge in [0.15, 0.2) is 0 Å². The lowest BCUT2D eigenvalue weighted by atomic mass is 10.2. The van der Waals surface area contributed by atoms with Crippen molar-refractivity contribution in [2.75, 3.05) is 20.9 Å². The van der Waals surface area contributed by atoms with Crippen molar-refractivity contribution < 1.29 is 21.6 Å². The van der Waals surface area contributed by atoms with Crippen LogP contribution in [0.2, 0.25) is 5.02 Å². The normalized spacial score (nSPS) is 11.6. The van der Waals surface area contributed by atoms with Gasteiger partial charge in [0, 0.05) is 16.9 Å². The molecule has 4 aromatic rings. The molecule has 202 valence electrons. The molecule has 1 amide bonds. The summed E-state index contributed by atoms with van der Waals surface area (Å²) in [6.45, 7) is 3.08. The van der Waals surface area contributed by atoms with Crippen LogP contribution in [0.5, 0.6) is 0 Å². The van der Waals surface area contributed by atoms with Crippen molar-refractivity contribution in [3.63, 3.8) is 0 Å². The molecule has 0 unspecified atom stereocenters. The van der Waals surface area contributed by atoms with Gasteiger partial charge in [0.2, 0.25) is 5.91 Å². The minimum Gasteiger partial charge on any atom is -0.325 e. The Balaban J connectivity index is 1.55. The maximum atomic E-state index is 13.6. The summed E-state index contributed by atoms with van der Waals surface area (Å²) in [5.74, 6) is -0.467. The Morgan fingerprint density at radius 3 is 2.15 bits per heavy atom. The molecule has 12 heteroatoms. The third kappa shape index (κ3) is 6.75. The van der Waals surface area contributed by atoms with Gasteiger partial charge in [0.05, 0.1) is 15.5 Å². The number of sulfonamides is 2. The zero-order valence-corrected chi connectivity index (χ0v) is 23.4. The minimum absolute atomic E-state index is 0.0209. The number of amides is 1. The summed E-state index contributed by atoms with van der Waals surface area (Å²) in [6.07, 6.45) is 1.46. The number of anilines is 3. The molecular weight excluding hydrogens is 560 g/mol. The molecular formula is C27H25ClN4O5S2. The zero-order chi connectivity index (χ0) is 28.2. The number of nitrogens with zero attached hydrogens (tertiary/aromatic N) is 2. The Labute approximate surface area is 232 Å². The number of aromatic nitrogens is 1. The van der Waals surface area contributed by atoms with Crippen LogP contribution in [-0.2, 0) is 24.8 Å². The zero-order valence-electron chi connectivity index (χ0n) is 21.0. The third-order valence-electron chi connectivity index (χ3n) is 5.69. The van der Waals surface area contributed by atoms with E-state index in [1.165, 1.54) is 54.7 Å². The maximum Gasteiger partial charge on any atom is 0.264 e. The predicted molar refractivity (Wildman–Crippen MR) is 152 cm³/mol. The lowest BCUT2D eigenvalue weighted by Gasteiger charge is -2.24. The van der Waals surface area contributed by atoms with Crippen LogP contribution in [0, 0.1) is 13.8 Å². The van der Waals surface area contributed by atoms with Crippen LogP contribution in [0.25, 0.3) is 0 Å². The lowest BCUT2D eigenvalue weighted by Crippen LogP contribution is -2.38. The van der Waals surface area contributed by atoms with Gasteiger partial charge in [-0.2, -0.15) is 0 Å². The van der Waals surface area contributed by atoms with E-state index >= 15 is 0 Å². The highest BCUT2D eigenvalue weighted by Crippen LogP contribution is 2.28. The highest BCUT2D eigenvalue weighted by Gasteiger charge is 2.28. The quantitative estimate of drug-likeness (QED) is 0.286. The van der Waals surface area contributed by atoms with Crippen LogP contribution in [0.15, 0.2) is 101 Å². The van der Waals surface area contributed by atoms with Crippen molar-refractivity contribution in [2.45, 2.75) is 23.6 Å². The van der Waals surface area contributed by atoms with E-state index in [0.717, 1.165) is 15.4 Å². The first-order chi connectivity index (χ1) is 18.5. The van der Waals surface area contributed by atoms with Crippen molar-refractivity contribution in [2.24, 2.45) is 0 Å². The summed E-state index contributed by atoms with van der Waals surface area (Å²) in [7, 11) is -8.02. The molecule has 4 rings (SSSR count). The first kappa shape index (κ1) is 28.1. The molecule has 0 aliphatic carbocycles. The average molecular weight is 585 g/mol. The second-order valence-corrected chi connectivity index (χ2v) is 12.6. The topological polar surface area (TPSA) is 126 Å². The van der Waals surface area contributed by atoms with Gasteiger partial charge in [-0.15, -0.1) is 0 Å². The molecule has 3 aromatic carbocycles. The molecule has 39 heavy (non-hydrogen) atoms. The fourth-order valence-electron chi connectivity index (χ4n) is 3.56. The summed E-state index contributed by atoms with van der Waals surface area (Å²) in [4.78, 5) is 16.9. The molecule has 0 aliphatic rings. The van der Waals surface area contributed by atoms with Gasteiger partial charge in [-0.3, -0.25) is 13.8 Å². The van der Waals surface area contributed by atoms with Crippen molar-refractivity contribution in [3.05, 3.63) is 107 Å². The van der Waals surface area contributed by atoms with E-state index in [9.17, 15) is 21.6 Å². The van der Waals surface area contributed by atoms with Crippen molar-refractivity contribution >= 4 is 54.7 Å². The van der Waals surface area contributed by atoms with Gasteiger partial charge < -0.3 is 5.32 Å². The number of carbonyl (C=O) groups excluding carboxylic acids is 1. The Morgan fingerprint density at radius 1 is 0.872 bits per heavy atom. The second kappa shape index (κ2) is 11.4. The fraction of sp³-hybridized carbons (Fsp3) is 0.111. The summed E-state index contributed by atoms with van der Waals surface area (Å²) in [5.41, 5.74) is 2.15. The number of nitrogens with one attached hydrogen (secondary N) is 2. The van der Waals surface area contributed by atoms with Crippen LogP contribution in [-0.4, -0.2) is 34.3 Å². The van der Waals surface area contributed by atoms with Crippen LogP contribution in [0.4, 0.5) is 17.2 Å². The smallest absolute Gasteiger partial charge is 0.264 e. The number of rotatable bonds is 9. The van der Waals surface area contributed by atoms with Gasteiger partial charge in [-0.05, 0) is 80.1 Å². The van der Waals surface area contributed by atoms with E-state index in [1.54, 1.807) is 43.3 Å². The largest absolute Gasteiger partial charge is 0.325 e. The van der Waals surface area contributed by atoms with Crippen LogP contribution < -0.4 is 14.3 Å². The molecule has 0 saturated carbocycles. The molecule has 0 saturated heterocycles. The Morgan fingerprint density at radius 2 is 1.54 bits per heavy atom. The molecule has 0 bridgehead atoms. The summed E-state index contributed by atoms with van der Waals surface area (Å²) in [6, 6.07) is 21.3. The van der Waals surface area contributed by atoms with Crippen molar-refractivity contribution in [1.82, 2.24) is 4.98 Å². The molecule has 1 aromatic heterocycles. The molecule has 9 nitrogen and oxygen atoms in total. The lowest BCUT2D eigenvalue weighted by molar-refractivity contribution is -0.114. The highest BCUT2D eigenvalue weighted by molar-refractivity contribution is 7.93. The number of carbonyl (C=O) groups is 1. The van der Waals surface area contributed by atoms with Crippen LogP contribution in [0.1, 0.15) is 11.1 Å². The molecule has 0 aliphatic heterocycles. The molecule has 0 radical (unpaired) electrons. The van der Waals surface area contributed by atoms with E-state index in [4.69, 9.17) is 11.6 Å². The van der Waals surface area contributed by atoms with Gasteiger partial charge in [0.1, 0.15) is 12.4 Å². The van der Waals surface area contributed by atoms with Crippen molar-refractivity contribution in [1.29, 1.82) is 0 Å². The molecule has 0 atom stereocenters. The number of benzene rings is 3. The van der Waals surface area contributed by atoms with E-state index in [1.807, 2.05) is 6.92 Å². The monoisotopic (exact) mass is 584 g/mol. The molecule has 2 N–H and O–H groups in total. The highest BCUT2D eigenvalue weighted by atomic mass is 35.5. The average Bonchev–Trinajstić information content (AvgIpc) is 2.90. The first-order valence-corrected chi connectivity index (χ1v) is 15.0. The number of aryl methyl sites for hydroxylation is 2. The molecule has 0 spiro atoms. The van der Waals surface area contributed by atoms with Crippen LogP contribution in [0.3, 0.4) is 0 Å². The molecule has 0 fully saturated rings. The Bertz CT molecular complexity index is 1700. The number of hydrogen-bond donors (Lipinski definition) is 2. The van der Waals surface area contributed by atoms with Gasteiger partial charge in [0.25, 0.3) is 20.0 Å². The number of pyridine rings is 1. The second-order valence-electron chi connectivity index (χ2n) is 8.65. The Kier molecular flexibility index (Phi) is 8.24. The SMILES string of the molecule is Cc1ccc(S(=O)(=O)N(CC(=O)Nc2ccc(S(=O)(=O)Nc3ccccn3)cc2)c2ccc(C)c(Cl)c2)cc1. The van der Waals surface area contributed by atoms with Crippen LogP contribution >= 0.6 is 11.6 Å². The minimum atomic E-state index is -4.12. The summed E-state index contributed by atoms with van der Waals surface area (Å²) < 4.78 is 55.7. The summed E-state index contributed by atoms with van der Waals surface area (Å²) >= 11 is 6.26. The van der Waals surface area contributed by atoms with E-state index < -0.39 is 32.5 Å². The maximum absolute atomic E-state index is 13.6. The Hall–Kier alpha value is -3.93. The number of hydrogen-bond acceptors (Lipinski definition) is 6. The van der Waals surface area contributed by atoms with E-state index in [-0.39, 0.29) is 27.0 Å². The van der Waals surface area contributed by atoms with E-state index in [2.05, 4.69) is 15.0 Å². The van der Waals surface area contributed by atoms with Gasteiger partial charge in [-0.1, -0.05) is 41.4 Å².